The van der Waals surface area contributed by atoms with Crippen molar-refractivity contribution in [3.8, 4) is 0 Å². The Labute approximate surface area is 180 Å². The van der Waals surface area contributed by atoms with Crippen molar-refractivity contribution in [1.82, 2.24) is 15.6 Å². The number of nitrogens with one attached hydrogen (secondary N) is 2. The Morgan fingerprint density at radius 2 is 2.22 bits per heavy atom. The SMILES string of the molecule is CCOCCCCNC(=NC)NCc1ccc(N2CCOC(C)C2)nc1.I. The largest absolute Gasteiger partial charge is 0.382 e. The van der Waals surface area contributed by atoms with Crippen molar-refractivity contribution in [2.24, 2.45) is 4.99 Å². The second-order valence-corrected chi connectivity index (χ2v) is 6.41. The van der Waals surface area contributed by atoms with Crippen LogP contribution in [0.4, 0.5) is 5.82 Å². The maximum absolute atomic E-state index is 5.58. The highest BCUT2D eigenvalue weighted by Crippen LogP contribution is 2.15. The van der Waals surface area contributed by atoms with Gasteiger partial charge in [0.15, 0.2) is 5.96 Å². The smallest absolute Gasteiger partial charge is 0.191 e. The Kier molecular flexibility index (Phi) is 12.4. The molecule has 1 aromatic rings. The highest BCUT2D eigenvalue weighted by atomic mass is 127. The first-order valence-corrected chi connectivity index (χ1v) is 9.56. The molecule has 8 heteroatoms. The molecule has 0 saturated carbocycles. The number of morpholine rings is 1. The van der Waals surface area contributed by atoms with E-state index in [1.807, 2.05) is 13.1 Å². The number of guanidine groups is 1. The van der Waals surface area contributed by atoms with Crippen molar-refractivity contribution in [2.45, 2.75) is 39.3 Å². The van der Waals surface area contributed by atoms with Crippen LogP contribution in [-0.4, -0.2) is 63.6 Å². The number of nitrogens with zero attached hydrogens (tertiary/aromatic N) is 3. The van der Waals surface area contributed by atoms with Gasteiger partial charge in [-0.15, -0.1) is 24.0 Å². The van der Waals surface area contributed by atoms with Gasteiger partial charge in [-0.05, 0) is 38.3 Å². The van der Waals surface area contributed by atoms with Crippen LogP contribution in [0.15, 0.2) is 23.3 Å². The lowest BCUT2D eigenvalue weighted by molar-refractivity contribution is 0.0529. The summed E-state index contributed by atoms with van der Waals surface area (Å²) in [5, 5.41) is 6.65. The molecular weight excluding hydrogens is 457 g/mol. The van der Waals surface area contributed by atoms with Crippen LogP contribution in [0, 0.1) is 0 Å². The van der Waals surface area contributed by atoms with Crippen LogP contribution in [0.25, 0.3) is 0 Å². The van der Waals surface area contributed by atoms with Gasteiger partial charge in [-0.25, -0.2) is 4.98 Å². The number of hydrogen-bond donors (Lipinski definition) is 2. The Morgan fingerprint density at radius 3 is 2.89 bits per heavy atom. The van der Waals surface area contributed by atoms with Crippen molar-refractivity contribution >= 4 is 35.8 Å². The number of aliphatic imine (C=N–C) groups is 1. The van der Waals surface area contributed by atoms with E-state index in [1.165, 1.54) is 0 Å². The lowest BCUT2D eigenvalue weighted by Gasteiger charge is -2.32. The van der Waals surface area contributed by atoms with Crippen LogP contribution >= 0.6 is 24.0 Å². The van der Waals surface area contributed by atoms with E-state index in [0.29, 0.717) is 6.54 Å². The lowest BCUT2D eigenvalue weighted by atomic mass is 10.2. The quantitative estimate of drug-likeness (QED) is 0.239. The minimum atomic E-state index is 0. The van der Waals surface area contributed by atoms with Gasteiger partial charge in [-0.1, -0.05) is 6.07 Å². The summed E-state index contributed by atoms with van der Waals surface area (Å²) < 4.78 is 10.9. The maximum atomic E-state index is 5.58. The Hall–Kier alpha value is -1.13. The first-order valence-electron chi connectivity index (χ1n) is 9.56. The average Bonchev–Trinajstić information content (AvgIpc) is 2.67. The van der Waals surface area contributed by atoms with Gasteiger partial charge in [-0.3, -0.25) is 4.99 Å². The van der Waals surface area contributed by atoms with Gasteiger partial charge in [0.05, 0.1) is 12.7 Å². The molecule has 0 spiro atoms. The van der Waals surface area contributed by atoms with E-state index in [0.717, 1.165) is 69.6 Å². The van der Waals surface area contributed by atoms with Gasteiger partial charge in [0.1, 0.15) is 5.82 Å². The second kappa shape index (κ2) is 14.0. The summed E-state index contributed by atoms with van der Waals surface area (Å²) in [6, 6.07) is 4.20. The Bertz CT molecular complexity index is 541. The molecule has 1 atom stereocenters. The normalized spacial score (nSPS) is 17.4. The standard InChI is InChI=1S/C19H33N5O2.HI/c1-4-25-11-6-5-9-21-19(20-3)23-14-17-7-8-18(22-13-17)24-10-12-26-16(2)15-24;/h7-8,13,16H,4-6,9-12,14-15H2,1-3H3,(H2,20,21,23);1H. The maximum Gasteiger partial charge on any atom is 0.191 e. The summed E-state index contributed by atoms with van der Waals surface area (Å²) in [5.41, 5.74) is 1.13. The number of pyridine rings is 1. The first-order chi connectivity index (χ1) is 12.7. The third-order valence-corrected chi connectivity index (χ3v) is 4.27. The highest BCUT2D eigenvalue weighted by molar-refractivity contribution is 14.0. The van der Waals surface area contributed by atoms with Crippen LogP contribution in [0.1, 0.15) is 32.3 Å². The summed E-state index contributed by atoms with van der Waals surface area (Å²) in [7, 11) is 1.79. The number of ether oxygens (including phenoxy) is 2. The number of anilines is 1. The summed E-state index contributed by atoms with van der Waals surface area (Å²) in [6.45, 7) is 9.87. The molecule has 1 saturated heterocycles. The predicted molar refractivity (Wildman–Crippen MR) is 121 cm³/mol. The molecule has 0 bridgehead atoms. The third-order valence-electron chi connectivity index (χ3n) is 4.27. The van der Waals surface area contributed by atoms with E-state index in [2.05, 4.69) is 44.6 Å². The zero-order valence-corrected chi connectivity index (χ0v) is 19.1. The fourth-order valence-corrected chi connectivity index (χ4v) is 2.82. The number of rotatable bonds is 9. The molecular formula is C19H34IN5O2. The summed E-state index contributed by atoms with van der Waals surface area (Å²) in [5.74, 6) is 1.83. The second-order valence-electron chi connectivity index (χ2n) is 6.41. The molecule has 0 radical (unpaired) electrons. The topological polar surface area (TPSA) is 71.0 Å². The van der Waals surface area contributed by atoms with Gasteiger partial charge in [0.2, 0.25) is 0 Å². The molecule has 1 aliphatic heterocycles. The number of hydrogen-bond acceptors (Lipinski definition) is 5. The molecule has 7 nitrogen and oxygen atoms in total. The van der Waals surface area contributed by atoms with Crippen LogP contribution in [0.5, 0.6) is 0 Å². The highest BCUT2D eigenvalue weighted by Gasteiger charge is 2.17. The Balaban J connectivity index is 0.00000364. The molecule has 0 aromatic carbocycles. The summed E-state index contributed by atoms with van der Waals surface area (Å²) in [6.07, 6.45) is 4.31. The predicted octanol–water partition coefficient (Wildman–Crippen LogP) is 2.41. The van der Waals surface area contributed by atoms with Gasteiger partial charge in [-0.2, -0.15) is 0 Å². The van der Waals surface area contributed by atoms with Crippen LogP contribution < -0.4 is 15.5 Å². The molecule has 0 amide bonds. The average molecular weight is 491 g/mol. The van der Waals surface area contributed by atoms with Crippen LogP contribution in [-0.2, 0) is 16.0 Å². The molecule has 2 rings (SSSR count). The van der Waals surface area contributed by atoms with E-state index in [4.69, 9.17) is 9.47 Å². The monoisotopic (exact) mass is 491 g/mol. The van der Waals surface area contributed by atoms with Gasteiger partial charge in [0, 0.05) is 52.6 Å². The summed E-state index contributed by atoms with van der Waals surface area (Å²) >= 11 is 0. The fourth-order valence-electron chi connectivity index (χ4n) is 2.82. The molecule has 1 aromatic heterocycles. The van der Waals surface area contributed by atoms with Crippen molar-refractivity contribution in [3.63, 3.8) is 0 Å². The van der Waals surface area contributed by atoms with Crippen LogP contribution in [0.2, 0.25) is 0 Å². The molecule has 154 valence electrons. The van der Waals surface area contributed by atoms with Gasteiger partial charge >= 0.3 is 0 Å². The fraction of sp³-hybridized carbons (Fsp3) is 0.684. The van der Waals surface area contributed by atoms with E-state index in [1.54, 1.807) is 7.05 Å². The van der Waals surface area contributed by atoms with E-state index < -0.39 is 0 Å². The molecule has 0 aliphatic carbocycles. The Morgan fingerprint density at radius 1 is 1.37 bits per heavy atom. The zero-order chi connectivity index (χ0) is 18.6. The minimum Gasteiger partial charge on any atom is -0.382 e. The zero-order valence-electron chi connectivity index (χ0n) is 16.7. The van der Waals surface area contributed by atoms with Crippen LogP contribution in [0.3, 0.4) is 0 Å². The minimum absolute atomic E-state index is 0. The number of unbranched alkanes of at least 4 members (excludes halogenated alkanes) is 1. The van der Waals surface area contributed by atoms with E-state index >= 15 is 0 Å². The lowest BCUT2D eigenvalue weighted by Crippen LogP contribution is -2.41. The van der Waals surface area contributed by atoms with Crippen molar-refractivity contribution in [2.75, 3.05) is 51.4 Å². The van der Waals surface area contributed by atoms with Gasteiger partial charge in [0.25, 0.3) is 0 Å². The van der Waals surface area contributed by atoms with Crippen molar-refractivity contribution in [3.05, 3.63) is 23.9 Å². The molecule has 2 N–H and O–H groups in total. The van der Waals surface area contributed by atoms with Crippen molar-refractivity contribution < 1.29 is 9.47 Å². The third kappa shape index (κ3) is 9.07. The molecule has 27 heavy (non-hydrogen) atoms. The van der Waals surface area contributed by atoms with Crippen molar-refractivity contribution in [1.29, 1.82) is 0 Å². The van der Waals surface area contributed by atoms with Gasteiger partial charge < -0.3 is 25.0 Å². The molecule has 1 unspecified atom stereocenters. The summed E-state index contributed by atoms with van der Waals surface area (Å²) in [4.78, 5) is 11.1. The first kappa shape index (κ1) is 23.9. The molecule has 1 aliphatic rings. The number of aromatic nitrogens is 1. The van der Waals surface area contributed by atoms with E-state index in [9.17, 15) is 0 Å². The number of halogens is 1. The van der Waals surface area contributed by atoms with E-state index in [-0.39, 0.29) is 30.1 Å². The molecule has 1 fully saturated rings. The molecule has 2 heterocycles.